The lowest BCUT2D eigenvalue weighted by atomic mass is 10.1. The predicted molar refractivity (Wildman–Crippen MR) is 65.7 cm³/mol. The van der Waals surface area contributed by atoms with Crippen LogP contribution < -0.4 is 5.32 Å². The molecule has 0 radical (unpaired) electrons. The van der Waals surface area contributed by atoms with Gasteiger partial charge in [-0.1, -0.05) is 30.3 Å². The highest BCUT2D eigenvalue weighted by atomic mass is 15.3. The minimum Gasteiger partial charge on any atom is -0.353 e. The van der Waals surface area contributed by atoms with E-state index in [1.54, 1.807) is 0 Å². The molecular formula is C13H17N3. The van der Waals surface area contributed by atoms with E-state index in [1.807, 2.05) is 0 Å². The molecular weight excluding hydrogens is 198 g/mol. The van der Waals surface area contributed by atoms with E-state index in [0.717, 1.165) is 19.0 Å². The Morgan fingerprint density at radius 1 is 1.31 bits per heavy atom. The molecule has 1 aliphatic heterocycles. The van der Waals surface area contributed by atoms with E-state index in [2.05, 4.69) is 52.6 Å². The predicted octanol–water partition coefficient (Wildman–Crippen LogP) is 1.43. The summed E-state index contributed by atoms with van der Waals surface area (Å²) in [6, 6.07) is 11.3. The van der Waals surface area contributed by atoms with Gasteiger partial charge in [-0.05, 0) is 12.0 Å². The van der Waals surface area contributed by atoms with Gasteiger partial charge in [-0.3, -0.25) is 4.99 Å². The van der Waals surface area contributed by atoms with Crippen LogP contribution in [0.5, 0.6) is 0 Å². The molecule has 84 valence electrons. The monoisotopic (exact) mass is 215 g/mol. The van der Waals surface area contributed by atoms with Crippen molar-refractivity contribution in [3.05, 3.63) is 35.9 Å². The zero-order valence-electron chi connectivity index (χ0n) is 9.56. The van der Waals surface area contributed by atoms with Gasteiger partial charge in [-0.2, -0.15) is 0 Å². The molecule has 3 nitrogen and oxygen atoms in total. The molecule has 2 aliphatic rings. The second kappa shape index (κ2) is 3.81. The van der Waals surface area contributed by atoms with Crippen LogP contribution in [-0.4, -0.2) is 37.0 Å². The molecule has 1 saturated carbocycles. The molecule has 1 aliphatic carbocycles. The second-order valence-corrected chi connectivity index (χ2v) is 4.63. The molecule has 2 unspecified atom stereocenters. The van der Waals surface area contributed by atoms with Gasteiger partial charge in [0, 0.05) is 25.6 Å². The molecule has 2 atom stereocenters. The first-order valence-electron chi connectivity index (χ1n) is 5.91. The van der Waals surface area contributed by atoms with E-state index in [0.29, 0.717) is 12.0 Å². The summed E-state index contributed by atoms with van der Waals surface area (Å²) in [4.78, 5) is 6.65. The number of guanidine groups is 1. The van der Waals surface area contributed by atoms with Gasteiger partial charge in [0.2, 0.25) is 0 Å². The number of likely N-dealkylation sites (N-methyl/N-ethyl adjacent to an activating group) is 1. The molecule has 0 amide bonds. The molecule has 1 heterocycles. The van der Waals surface area contributed by atoms with E-state index in [9.17, 15) is 0 Å². The number of benzene rings is 1. The Balaban J connectivity index is 1.61. The smallest absolute Gasteiger partial charge is 0.194 e. The summed E-state index contributed by atoms with van der Waals surface area (Å²) in [5.41, 5.74) is 1.45. The van der Waals surface area contributed by atoms with Gasteiger partial charge < -0.3 is 10.2 Å². The second-order valence-electron chi connectivity index (χ2n) is 4.63. The standard InChI is InChI=1S/C13H17N3/c1-16-8-7-14-13(16)15-12-9-11(12)10-5-3-2-4-6-10/h2-6,11-12H,7-9H2,1H3,(H,14,15). The number of hydrogen-bond donors (Lipinski definition) is 1. The lowest BCUT2D eigenvalue weighted by Gasteiger charge is -2.15. The third-order valence-corrected chi connectivity index (χ3v) is 3.39. The molecule has 3 rings (SSSR count). The topological polar surface area (TPSA) is 27.6 Å². The normalized spacial score (nSPS) is 27.8. The minimum atomic E-state index is 0.585. The van der Waals surface area contributed by atoms with Crippen molar-refractivity contribution in [2.24, 2.45) is 4.99 Å². The van der Waals surface area contributed by atoms with Crippen molar-refractivity contribution < 1.29 is 0 Å². The highest BCUT2D eigenvalue weighted by Gasteiger charge is 2.39. The molecule has 0 saturated heterocycles. The van der Waals surface area contributed by atoms with E-state index in [-0.39, 0.29) is 0 Å². The van der Waals surface area contributed by atoms with Crippen LogP contribution in [0.15, 0.2) is 35.3 Å². The average Bonchev–Trinajstić information content (AvgIpc) is 2.97. The highest BCUT2D eigenvalue weighted by Crippen LogP contribution is 2.40. The number of aliphatic imine (C=N–C) groups is 1. The van der Waals surface area contributed by atoms with E-state index >= 15 is 0 Å². The Hall–Kier alpha value is -1.51. The van der Waals surface area contributed by atoms with Crippen molar-refractivity contribution in [3.63, 3.8) is 0 Å². The van der Waals surface area contributed by atoms with Crippen LogP contribution in [0.1, 0.15) is 17.9 Å². The molecule has 0 bridgehead atoms. The summed E-state index contributed by atoms with van der Waals surface area (Å²) in [5, 5.41) is 3.53. The lowest BCUT2D eigenvalue weighted by Crippen LogP contribution is -2.37. The van der Waals surface area contributed by atoms with Gasteiger partial charge in [-0.15, -0.1) is 0 Å². The largest absolute Gasteiger partial charge is 0.353 e. The minimum absolute atomic E-state index is 0.585. The average molecular weight is 215 g/mol. The Labute approximate surface area is 96.2 Å². The highest BCUT2D eigenvalue weighted by molar-refractivity contribution is 5.82. The third-order valence-electron chi connectivity index (χ3n) is 3.39. The van der Waals surface area contributed by atoms with Crippen LogP contribution in [0, 0.1) is 0 Å². The summed E-state index contributed by atoms with van der Waals surface area (Å²) in [6.07, 6.45) is 1.23. The summed E-state index contributed by atoms with van der Waals surface area (Å²) in [6.45, 7) is 1.98. The van der Waals surface area contributed by atoms with Crippen molar-refractivity contribution in [1.29, 1.82) is 0 Å². The van der Waals surface area contributed by atoms with E-state index in [4.69, 9.17) is 0 Å². The van der Waals surface area contributed by atoms with Gasteiger partial charge in [0.25, 0.3) is 0 Å². The van der Waals surface area contributed by atoms with E-state index < -0.39 is 0 Å². The number of hydrogen-bond acceptors (Lipinski definition) is 3. The maximum Gasteiger partial charge on any atom is 0.194 e. The zero-order valence-corrected chi connectivity index (χ0v) is 9.56. The van der Waals surface area contributed by atoms with Crippen LogP contribution in [0.2, 0.25) is 0 Å². The zero-order chi connectivity index (χ0) is 11.0. The molecule has 1 fully saturated rings. The first-order valence-corrected chi connectivity index (χ1v) is 5.91. The lowest BCUT2D eigenvalue weighted by molar-refractivity contribution is 0.532. The van der Waals surface area contributed by atoms with Crippen molar-refractivity contribution in [1.82, 2.24) is 10.2 Å². The van der Waals surface area contributed by atoms with Crippen LogP contribution in [-0.2, 0) is 0 Å². The summed E-state index contributed by atoms with van der Waals surface area (Å²) >= 11 is 0. The molecule has 1 aromatic carbocycles. The molecule has 0 aromatic heterocycles. The summed E-state index contributed by atoms with van der Waals surface area (Å²) in [7, 11) is 2.10. The Bertz CT molecular complexity index is 399. The first-order chi connectivity index (χ1) is 7.84. The Kier molecular flexibility index (Phi) is 2.31. The van der Waals surface area contributed by atoms with Gasteiger partial charge in [0.05, 0.1) is 6.54 Å². The van der Waals surface area contributed by atoms with Crippen LogP contribution in [0.25, 0.3) is 0 Å². The van der Waals surface area contributed by atoms with Gasteiger partial charge in [-0.25, -0.2) is 0 Å². The number of rotatable bonds is 2. The van der Waals surface area contributed by atoms with Gasteiger partial charge in [0.15, 0.2) is 5.96 Å². The van der Waals surface area contributed by atoms with Crippen molar-refractivity contribution in [2.75, 3.05) is 20.1 Å². The van der Waals surface area contributed by atoms with Gasteiger partial charge in [0.1, 0.15) is 0 Å². The van der Waals surface area contributed by atoms with E-state index in [1.165, 1.54) is 12.0 Å². The molecule has 1 N–H and O–H groups in total. The molecule has 1 aromatic rings. The SMILES string of the molecule is CN1CCN=C1NC1CC1c1ccccc1. The fraction of sp³-hybridized carbons (Fsp3) is 0.462. The quantitative estimate of drug-likeness (QED) is 0.808. The maximum absolute atomic E-state index is 4.46. The van der Waals surface area contributed by atoms with Crippen LogP contribution in [0.4, 0.5) is 0 Å². The number of nitrogens with zero attached hydrogens (tertiary/aromatic N) is 2. The van der Waals surface area contributed by atoms with Crippen molar-refractivity contribution in [3.8, 4) is 0 Å². The number of nitrogens with one attached hydrogen (secondary N) is 1. The van der Waals surface area contributed by atoms with Crippen molar-refractivity contribution in [2.45, 2.75) is 18.4 Å². The fourth-order valence-electron chi connectivity index (χ4n) is 2.28. The molecule has 3 heteroatoms. The van der Waals surface area contributed by atoms with Crippen molar-refractivity contribution >= 4 is 5.96 Å². The molecule has 0 spiro atoms. The summed E-state index contributed by atoms with van der Waals surface area (Å²) in [5.74, 6) is 1.75. The summed E-state index contributed by atoms with van der Waals surface area (Å²) < 4.78 is 0. The molecule has 16 heavy (non-hydrogen) atoms. The van der Waals surface area contributed by atoms with Crippen LogP contribution in [0.3, 0.4) is 0 Å². The Morgan fingerprint density at radius 2 is 2.12 bits per heavy atom. The van der Waals surface area contributed by atoms with Crippen LogP contribution >= 0.6 is 0 Å². The van der Waals surface area contributed by atoms with Gasteiger partial charge >= 0.3 is 0 Å². The Morgan fingerprint density at radius 3 is 2.81 bits per heavy atom. The first kappa shape index (κ1) is 9.70. The third kappa shape index (κ3) is 1.77. The fourth-order valence-corrected chi connectivity index (χ4v) is 2.28. The maximum atomic E-state index is 4.46.